The van der Waals surface area contributed by atoms with Crippen molar-refractivity contribution in [2.24, 2.45) is 0 Å². The molecule has 0 N–H and O–H groups in total. The van der Waals surface area contributed by atoms with Crippen molar-refractivity contribution in [1.29, 1.82) is 0 Å². The zero-order valence-corrected chi connectivity index (χ0v) is 6.45. The second kappa shape index (κ2) is 1.94. The molecule has 0 saturated heterocycles. The van der Waals surface area contributed by atoms with Crippen LogP contribution < -0.4 is 0 Å². The molecule has 0 aromatic heterocycles. The molecule has 2 nitrogen and oxygen atoms in total. The van der Waals surface area contributed by atoms with E-state index in [9.17, 15) is 7.67 Å². The van der Waals surface area contributed by atoms with Crippen molar-refractivity contribution in [2.45, 2.75) is 0 Å². The van der Waals surface area contributed by atoms with Crippen molar-refractivity contribution in [3.63, 3.8) is 0 Å². The molecule has 3 heteroatoms. The van der Waals surface area contributed by atoms with Crippen LogP contribution in [0, 0.1) is 0 Å². The van der Waals surface area contributed by atoms with Gasteiger partial charge >= 0.3 is 54.6 Å². The Kier molecular flexibility index (Phi) is 1.39. The number of hydrogen-bond donors (Lipinski definition) is 0. The summed E-state index contributed by atoms with van der Waals surface area (Å²) in [6.07, 6.45) is 4.43. The van der Waals surface area contributed by atoms with Gasteiger partial charge in [0, 0.05) is 0 Å². The summed E-state index contributed by atoms with van der Waals surface area (Å²) < 4.78 is 22.0. The van der Waals surface area contributed by atoms with Gasteiger partial charge in [-0.1, -0.05) is 0 Å². The van der Waals surface area contributed by atoms with E-state index >= 15 is 0 Å². The normalized spacial score (nSPS) is 21.6. The predicted molar refractivity (Wildman–Crippen MR) is 34.5 cm³/mol. The first-order valence-electron chi connectivity index (χ1n) is 2.43. The summed E-state index contributed by atoms with van der Waals surface area (Å²) >= 11 is -3.77. The number of rotatable bonds is 1. The van der Waals surface area contributed by atoms with Gasteiger partial charge in [-0.25, -0.2) is 0 Å². The first kappa shape index (κ1) is 6.46. The standard InChI is InChI=1S/C6H6O2Se/c1-2-6-4-3-5-9(6,7)8/h2-5H,1H2. The fourth-order valence-electron chi connectivity index (χ4n) is 0.595. The van der Waals surface area contributed by atoms with E-state index in [-0.39, 0.29) is 0 Å². The summed E-state index contributed by atoms with van der Waals surface area (Å²) in [5.74, 6) is 0. The first-order chi connectivity index (χ1) is 4.17. The van der Waals surface area contributed by atoms with Crippen molar-refractivity contribution in [3.8, 4) is 0 Å². The zero-order chi connectivity index (χ0) is 6.91. The minimum atomic E-state index is -3.77. The van der Waals surface area contributed by atoms with Gasteiger partial charge in [-0.05, 0) is 0 Å². The summed E-state index contributed by atoms with van der Waals surface area (Å²) in [5.41, 5.74) is 0. The minimum absolute atomic E-state index is 0.353. The summed E-state index contributed by atoms with van der Waals surface area (Å²) in [6.45, 7) is 3.37. The van der Waals surface area contributed by atoms with Crippen LogP contribution in [0.15, 0.2) is 34.3 Å². The van der Waals surface area contributed by atoms with Crippen LogP contribution >= 0.6 is 0 Å². The van der Waals surface area contributed by atoms with Crippen LogP contribution in [0.4, 0.5) is 0 Å². The fourth-order valence-corrected chi connectivity index (χ4v) is 2.57. The van der Waals surface area contributed by atoms with Crippen molar-refractivity contribution < 1.29 is 7.67 Å². The maximum absolute atomic E-state index is 10.8. The van der Waals surface area contributed by atoms with Crippen LogP contribution in [0.1, 0.15) is 0 Å². The average molecular weight is 189 g/mol. The Hall–Kier alpha value is -0.661. The molecular weight excluding hydrogens is 183 g/mol. The molecular formula is C6H6O2Se. The molecule has 0 aliphatic carbocycles. The Balaban J connectivity index is 3.21. The second-order valence-electron chi connectivity index (χ2n) is 1.65. The molecule has 1 rings (SSSR count). The Bertz CT molecular complexity index is 280. The zero-order valence-electron chi connectivity index (χ0n) is 4.74. The van der Waals surface area contributed by atoms with Gasteiger partial charge in [0.1, 0.15) is 0 Å². The molecule has 0 aromatic rings. The molecule has 0 aromatic carbocycles. The van der Waals surface area contributed by atoms with E-state index in [1.54, 1.807) is 6.08 Å². The molecule has 48 valence electrons. The molecule has 0 spiro atoms. The van der Waals surface area contributed by atoms with Gasteiger partial charge in [-0.15, -0.1) is 0 Å². The molecule has 1 heterocycles. The van der Waals surface area contributed by atoms with Gasteiger partial charge in [-0.3, -0.25) is 0 Å². The van der Waals surface area contributed by atoms with E-state index in [4.69, 9.17) is 0 Å². The van der Waals surface area contributed by atoms with E-state index in [0.717, 1.165) is 0 Å². The van der Waals surface area contributed by atoms with Crippen LogP contribution in [-0.2, 0) is 7.67 Å². The van der Waals surface area contributed by atoms with Crippen LogP contribution in [0.25, 0.3) is 0 Å². The second-order valence-corrected chi connectivity index (χ2v) is 5.49. The Morgan fingerprint density at radius 1 is 1.56 bits per heavy atom. The van der Waals surface area contributed by atoms with Gasteiger partial charge in [0.15, 0.2) is 0 Å². The SMILES string of the molecule is C=CC1=CC=C[Se]1(=O)=O. The molecule has 0 saturated carbocycles. The third-order valence-corrected chi connectivity index (χ3v) is 4.14. The van der Waals surface area contributed by atoms with Crippen LogP contribution in [-0.4, -0.2) is 12.7 Å². The van der Waals surface area contributed by atoms with E-state index in [1.165, 1.54) is 17.1 Å². The Morgan fingerprint density at radius 3 is 2.44 bits per heavy atom. The van der Waals surface area contributed by atoms with E-state index < -0.39 is 12.7 Å². The molecule has 1 aliphatic heterocycles. The van der Waals surface area contributed by atoms with Crippen molar-refractivity contribution >= 4 is 12.7 Å². The van der Waals surface area contributed by atoms with Crippen LogP contribution in [0.2, 0.25) is 0 Å². The summed E-state index contributed by atoms with van der Waals surface area (Å²) in [4.78, 5) is 1.23. The van der Waals surface area contributed by atoms with E-state index in [2.05, 4.69) is 6.58 Å². The van der Waals surface area contributed by atoms with Gasteiger partial charge in [0.05, 0.1) is 0 Å². The number of allylic oxidation sites excluding steroid dienone is 4. The molecule has 0 radical (unpaired) electrons. The fraction of sp³-hybridized carbons (Fsp3) is 0. The topological polar surface area (TPSA) is 34.1 Å². The van der Waals surface area contributed by atoms with Crippen molar-refractivity contribution in [2.75, 3.05) is 0 Å². The summed E-state index contributed by atoms with van der Waals surface area (Å²) in [5, 5.41) is 0. The monoisotopic (exact) mass is 190 g/mol. The average Bonchev–Trinajstić information content (AvgIpc) is 2.08. The quantitative estimate of drug-likeness (QED) is 0.577. The van der Waals surface area contributed by atoms with Gasteiger partial charge < -0.3 is 0 Å². The maximum atomic E-state index is 10.8. The molecule has 0 bridgehead atoms. The number of hydrogen-bond acceptors (Lipinski definition) is 2. The molecule has 0 amide bonds. The van der Waals surface area contributed by atoms with Crippen LogP contribution in [0.5, 0.6) is 0 Å². The van der Waals surface area contributed by atoms with Crippen molar-refractivity contribution in [1.82, 2.24) is 0 Å². The molecule has 0 atom stereocenters. The summed E-state index contributed by atoms with van der Waals surface area (Å²) in [7, 11) is 0. The third kappa shape index (κ3) is 1.02. The third-order valence-electron chi connectivity index (χ3n) is 1.05. The molecule has 0 fully saturated rings. The van der Waals surface area contributed by atoms with E-state index in [0.29, 0.717) is 4.47 Å². The first-order valence-corrected chi connectivity index (χ1v) is 5.67. The van der Waals surface area contributed by atoms with E-state index in [1.807, 2.05) is 0 Å². The molecule has 1 aliphatic rings. The molecule has 9 heavy (non-hydrogen) atoms. The van der Waals surface area contributed by atoms with Crippen LogP contribution in [0.3, 0.4) is 0 Å². The molecule has 0 unspecified atom stereocenters. The Labute approximate surface area is 55.2 Å². The predicted octanol–water partition coefficient (Wildman–Crippen LogP) is 1.05. The van der Waals surface area contributed by atoms with Gasteiger partial charge in [-0.2, -0.15) is 0 Å². The van der Waals surface area contributed by atoms with Gasteiger partial charge in [0.2, 0.25) is 0 Å². The summed E-state index contributed by atoms with van der Waals surface area (Å²) in [6, 6.07) is 0. The Morgan fingerprint density at radius 2 is 2.22 bits per heavy atom. The van der Waals surface area contributed by atoms with Gasteiger partial charge in [0.25, 0.3) is 0 Å². The van der Waals surface area contributed by atoms with Crippen molar-refractivity contribution in [3.05, 3.63) is 34.3 Å².